The molecule has 0 aromatic heterocycles. The van der Waals surface area contributed by atoms with E-state index in [9.17, 15) is 19.5 Å². The fraction of sp³-hybridized carbons (Fsp3) is 0.400. The molecule has 0 atom stereocenters. The van der Waals surface area contributed by atoms with Gasteiger partial charge in [0.05, 0.1) is 11.3 Å². The second-order valence-corrected chi connectivity index (χ2v) is 4.89. The van der Waals surface area contributed by atoms with Gasteiger partial charge in [-0.25, -0.2) is 0 Å². The van der Waals surface area contributed by atoms with E-state index in [1.54, 1.807) is 6.07 Å². The number of carbonyl (C=O) groups is 3. The largest absolute Gasteiger partial charge is 0.507 e. The van der Waals surface area contributed by atoms with Crippen LogP contribution >= 0.6 is 0 Å². The van der Waals surface area contributed by atoms with E-state index in [1.165, 1.54) is 6.07 Å². The van der Waals surface area contributed by atoms with Crippen molar-refractivity contribution in [3.8, 4) is 5.75 Å². The van der Waals surface area contributed by atoms with Crippen molar-refractivity contribution in [1.29, 1.82) is 0 Å². The van der Waals surface area contributed by atoms with E-state index in [2.05, 4.69) is 0 Å². The summed E-state index contributed by atoms with van der Waals surface area (Å²) < 4.78 is 0. The van der Waals surface area contributed by atoms with E-state index in [1.807, 2.05) is 6.92 Å². The van der Waals surface area contributed by atoms with Crippen molar-refractivity contribution in [3.05, 3.63) is 23.3 Å². The number of benzene rings is 1. The molecule has 1 aromatic carbocycles. The molecule has 0 unspecified atom stereocenters. The summed E-state index contributed by atoms with van der Waals surface area (Å²) in [5.41, 5.74) is 1.09. The van der Waals surface area contributed by atoms with Crippen molar-refractivity contribution in [2.75, 3.05) is 4.90 Å². The molecule has 0 bridgehead atoms. The molecule has 2 amide bonds. The lowest BCUT2D eigenvalue weighted by molar-refractivity contribution is -0.121. The first-order chi connectivity index (χ1) is 9.58. The molecule has 1 N–H and O–H groups in total. The molecule has 0 saturated carbocycles. The Hall–Kier alpha value is -2.17. The minimum Gasteiger partial charge on any atom is -0.507 e. The molecule has 1 fully saturated rings. The second-order valence-electron chi connectivity index (χ2n) is 4.89. The number of hydrogen-bond acceptors (Lipinski definition) is 4. The van der Waals surface area contributed by atoms with Gasteiger partial charge < -0.3 is 5.11 Å². The molecule has 0 radical (unpaired) electrons. The van der Waals surface area contributed by atoms with Crippen molar-refractivity contribution in [3.63, 3.8) is 0 Å². The second kappa shape index (κ2) is 5.86. The summed E-state index contributed by atoms with van der Waals surface area (Å²) in [6.45, 7) is 2.02. The van der Waals surface area contributed by atoms with Gasteiger partial charge in [-0.2, -0.15) is 0 Å². The number of aldehydes is 1. The lowest BCUT2D eigenvalue weighted by Crippen LogP contribution is -2.28. The number of rotatable bonds is 5. The summed E-state index contributed by atoms with van der Waals surface area (Å²) in [4.78, 5) is 35.6. The summed E-state index contributed by atoms with van der Waals surface area (Å²) in [5.74, 6) is -0.589. The van der Waals surface area contributed by atoms with Crippen molar-refractivity contribution >= 4 is 23.8 Å². The van der Waals surface area contributed by atoms with E-state index in [-0.39, 0.29) is 36.0 Å². The normalized spacial score (nSPS) is 14.9. The summed E-state index contributed by atoms with van der Waals surface area (Å²) in [5, 5.41) is 9.99. The van der Waals surface area contributed by atoms with Crippen LogP contribution < -0.4 is 4.90 Å². The van der Waals surface area contributed by atoms with Crippen molar-refractivity contribution < 1.29 is 19.5 Å². The average molecular weight is 275 g/mol. The van der Waals surface area contributed by atoms with Crippen LogP contribution in [0.5, 0.6) is 5.75 Å². The molecule has 5 heteroatoms. The zero-order valence-electron chi connectivity index (χ0n) is 11.4. The maximum absolute atomic E-state index is 11.7. The van der Waals surface area contributed by atoms with Crippen LogP contribution in [0.3, 0.4) is 0 Å². The van der Waals surface area contributed by atoms with Crippen LogP contribution in [0, 0.1) is 0 Å². The molecule has 1 aliphatic rings. The van der Waals surface area contributed by atoms with Crippen LogP contribution in [0.25, 0.3) is 0 Å². The molecular formula is C15H17NO4. The molecule has 106 valence electrons. The summed E-state index contributed by atoms with van der Waals surface area (Å²) >= 11 is 0. The van der Waals surface area contributed by atoms with Gasteiger partial charge >= 0.3 is 0 Å². The molecule has 1 aromatic rings. The topological polar surface area (TPSA) is 74.7 Å². The highest BCUT2D eigenvalue weighted by atomic mass is 16.3. The molecule has 0 aliphatic carbocycles. The van der Waals surface area contributed by atoms with E-state index >= 15 is 0 Å². The third kappa shape index (κ3) is 2.57. The Morgan fingerprint density at radius 3 is 2.45 bits per heavy atom. The van der Waals surface area contributed by atoms with Crippen molar-refractivity contribution in [1.82, 2.24) is 0 Å². The van der Waals surface area contributed by atoms with Gasteiger partial charge in [-0.05, 0) is 30.5 Å². The number of phenols is 1. The minimum absolute atomic E-state index is 0.0590. The number of imide groups is 1. The van der Waals surface area contributed by atoms with Crippen LogP contribution in [0.4, 0.5) is 5.69 Å². The van der Waals surface area contributed by atoms with Gasteiger partial charge in [0.15, 0.2) is 6.29 Å². The Bertz CT molecular complexity index is 549. The number of nitrogens with zero attached hydrogens (tertiary/aromatic N) is 1. The highest BCUT2D eigenvalue weighted by molar-refractivity contribution is 6.20. The summed E-state index contributed by atoms with van der Waals surface area (Å²) in [6.07, 6.45) is 3.34. The first-order valence-electron chi connectivity index (χ1n) is 6.75. The Morgan fingerprint density at radius 2 is 1.90 bits per heavy atom. The summed E-state index contributed by atoms with van der Waals surface area (Å²) in [7, 11) is 0. The highest BCUT2D eigenvalue weighted by Crippen LogP contribution is 2.31. The average Bonchev–Trinajstić information content (AvgIpc) is 2.77. The quantitative estimate of drug-likeness (QED) is 0.660. The fourth-order valence-corrected chi connectivity index (χ4v) is 2.34. The lowest BCUT2D eigenvalue weighted by Gasteiger charge is -2.17. The van der Waals surface area contributed by atoms with Crippen LogP contribution in [0.15, 0.2) is 12.1 Å². The third-order valence-electron chi connectivity index (χ3n) is 3.44. The van der Waals surface area contributed by atoms with Gasteiger partial charge in [-0.1, -0.05) is 13.3 Å². The van der Waals surface area contributed by atoms with E-state index in [4.69, 9.17) is 0 Å². The fourth-order valence-electron chi connectivity index (χ4n) is 2.34. The van der Waals surface area contributed by atoms with Crippen LogP contribution in [0.1, 0.15) is 48.5 Å². The Kier molecular flexibility index (Phi) is 4.17. The van der Waals surface area contributed by atoms with Crippen LogP contribution in [-0.4, -0.2) is 23.2 Å². The van der Waals surface area contributed by atoms with Crippen LogP contribution in [-0.2, 0) is 16.0 Å². The van der Waals surface area contributed by atoms with Gasteiger partial charge in [0.2, 0.25) is 11.8 Å². The maximum Gasteiger partial charge on any atom is 0.234 e. The highest BCUT2D eigenvalue weighted by Gasteiger charge is 2.31. The molecule has 0 spiro atoms. The van der Waals surface area contributed by atoms with Gasteiger partial charge in [0, 0.05) is 12.8 Å². The van der Waals surface area contributed by atoms with Crippen molar-refractivity contribution in [2.45, 2.75) is 39.0 Å². The monoisotopic (exact) mass is 275 g/mol. The number of carbonyl (C=O) groups excluding carboxylic acids is 3. The predicted molar refractivity (Wildman–Crippen MR) is 73.8 cm³/mol. The molecular weight excluding hydrogens is 258 g/mol. The zero-order chi connectivity index (χ0) is 14.7. The van der Waals surface area contributed by atoms with Gasteiger partial charge in [0.1, 0.15) is 5.75 Å². The smallest absolute Gasteiger partial charge is 0.234 e. The molecule has 1 aliphatic heterocycles. The number of phenolic OH excluding ortho intramolecular Hbond substituents is 1. The van der Waals surface area contributed by atoms with E-state index < -0.39 is 0 Å². The maximum atomic E-state index is 11.7. The van der Waals surface area contributed by atoms with Crippen LogP contribution in [0.2, 0.25) is 0 Å². The number of amides is 2. The Morgan fingerprint density at radius 1 is 1.25 bits per heavy atom. The van der Waals surface area contributed by atoms with E-state index in [0.29, 0.717) is 24.0 Å². The Balaban J connectivity index is 2.45. The van der Waals surface area contributed by atoms with Gasteiger partial charge in [-0.15, -0.1) is 0 Å². The number of unbranched alkanes of at least 4 members (excludes halogenated alkanes) is 1. The Labute approximate surface area is 117 Å². The van der Waals surface area contributed by atoms with E-state index in [0.717, 1.165) is 17.7 Å². The SMILES string of the molecule is CCCCc1cc(N2C(=O)CCC2=O)cc(C=O)c1O. The summed E-state index contributed by atoms with van der Waals surface area (Å²) in [6, 6.07) is 3.01. The number of aromatic hydroxyl groups is 1. The van der Waals surface area contributed by atoms with Gasteiger partial charge in [0.25, 0.3) is 0 Å². The van der Waals surface area contributed by atoms with Crippen molar-refractivity contribution in [2.24, 2.45) is 0 Å². The number of aryl methyl sites for hydroxylation is 1. The molecule has 5 nitrogen and oxygen atoms in total. The number of hydrogen-bond donors (Lipinski definition) is 1. The minimum atomic E-state index is -0.265. The van der Waals surface area contributed by atoms with Gasteiger partial charge in [-0.3, -0.25) is 19.3 Å². The predicted octanol–water partition coefficient (Wildman–Crippen LogP) is 2.20. The standard InChI is InChI=1S/C15H17NO4/c1-2-3-4-10-7-12(8-11(9-17)15(10)20)16-13(18)5-6-14(16)19/h7-9,20H,2-6H2,1H3. The first-order valence-corrected chi connectivity index (χ1v) is 6.75. The zero-order valence-corrected chi connectivity index (χ0v) is 11.4. The molecule has 20 heavy (non-hydrogen) atoms. The lowest BCUT2D eigenvalue weighted by atomic mass is 10.0. The first kappa shape index (κ1) is 14.2. The molecule has 1 saturated heterocycles. The number of anilines is 1. The molecule has 2 rings (SSSR count). The molecule has 1 heterocycles. The third-order valence-corrected chi connectivity index (χ3v) is 3.44.